The molecule has 1 aliphatic heterocycles. The minimum Gasteiger partial charge on any atom is -0.490 e. The van der Waals surface area contributed by atoms with E-state index >= 15 is 0 Å². The third-order valence-corrected chi connectivity index (χ3v) is 4.86. The van der Waals surface area contributed by atoms with Crippen LogP contribution in [-0.4, -0.2) is 34.7 Å². The number of fused-ring (bicyclic) bond motifs is 1. The fourth-order valence-electron chi connectivity index (χ4n) is 3.57. The summed E-state index contributed by atoms with van der Waals surface area (Å²) in [5.74, 6) is 0.519. The molecule has 6 nitrogen and oxygen atoms in total. The number of piperidine rings is 1. The van der Waals surface area contributed by atoms with E-state index in [0.717, 1.165) is 42.6 Å². The number of aromatic nitrogens is 2. The molecule has 6 heteroatoms. The van der Waals surface area contributed by atoms with Crippen molar-refractivity contribution in [3.05, 3.63) is 55.0 Å². The van der Waals surface area contributed by atoms with E-state index in [1.54, 1.807) is 0 Å². The molecule has 0 unspecified atom stereocenters. The van der Waals surface area contributed by atoms with Crippen LogP contribution in [0.15, 0.2) is 55.0 Å². The van der Waals surface area contributed by atoms with E-state index in [-0.39, 0.29) is 18.6 Å². The van der Waals surface area contributed by atoms with Crippen LogP contribution < -0.4 is 15.4 Å². The van der Waals surface area contributed by atoms with Crippen molar-refractivity contribution in [2.45, 2.75) is 25.5 Å². The molecule has 1 fully saturated rings. The summed E-state index contributed by atoms with van der Waals surface area (Å²) < 4.78 is 8.16. The van der Waals surface area contributed by atoms with Crippen molar-refractivity contribution in [3.63, 3.8) is 0 Å². The number of hydrogen-bond donors (Lipinski definition) is 1. The molecule has 0 saturated carbocycles. The van der Waals surface area contributed by atoms with Crippen molar-refractivity contribution in [3.8, 4) is 5.75 Å². The van der Waals surface area contributed by atoms with E-state index < -0.39 is 0 Å². The van der Waals surface area contributed by atoms with Crippen LogP contribution in [0, 0.1) is 0 Å². The fourth-order valence-corrected chi connectivity index (χ4v) is 3.57. The molecule has 0 radical (unpaired) electrons. The van der Waals surface area contributed by atoms with Crippen molar-refractivity contribution in [1.82, 2.24) is 9.55 Å². The van der Waals surface area contributed by atoms with E-state index in [1.165, 1.54) is 5.69 Å². The molecule has 2 N–H and O–H groups in total. The van der Waals surface area contributed by atoms with Crippen LogP contribution in [0.3, 0.4) is 0 Å². The summed E-state index contributed by atoms with van der Waals surface area (Å²) in [5, 5.41) is 1.02. The van der Waals surface area contributed by atoms with Crippen molar-refractivity contribution in [2.24, 2.45) is 5.73 Å². The zero-order valence-corrected chi connectivity index (χ0v) is 14.5. The first-order valence-corrected chi connectivity index (χ1v) is 8.88. The van der Waals surface area contributed by atoms with Crippen LogP contribution in [0.25, 0.3) is 10.9 Å². The molecule has 0 spiro atoms. The second-order valence-corrected chi connectivity index (χ2v) is 6.61. The summed E-state index contributed by atoms with van der Waals surface area (Å²) in [7, 11) is 0. The Balaban J connectivity index is 1.45. The fraction of sp³-hybridized carbons (Fsp3) is 0.300. The molecule has 0 bridgehead atoms. The molecule has 3 heterocycles. The molecule has 2 aromatic heterocycles. The number of benzene rings is 1. The van der Waals surface area contributed by atoms with Gasteiger partial charge >= 0.3 is 0 Å². The topological polar surface area (TPSA) is 73.4 Å². The molecular weight excluding hydrogens is 328 g/mol. The summed E-state index contributed by atoms with van der Waals surface area (Å²) in [6, 6.07) is 12.0. The second kappa shape index (κ2) is 7.07. The molecule has 1 aliphatic rings. The minimum atomic E-state index is -0.350. The lowest BCUT2D eigenvalue weighted by molar-refractivity contribution is -0.118. The Hall–Kier alpha value is -3.02. The van der Waals surface area contributed by atoms with Gasteiger partial charge in [0.25, 0.3) is 0 Å². The summed E-state index contributed by atoms with van der Waals surface area (Å²) in [4.78, 5) is 17.7. The lowest BCUT2D eigenvalue weighted by Crippen LogP contribution is -2.38. The predicted octanol–water partition coefficient (Wildman–Crippen LogP) is 2.57. The van der Waals surface area contributed by atoms with E-state index in [4.69, 9.17) is 10.5 Å². The number of carbonyl (C=O) groups is 1. The highest BCUT2D eigenvalue weighted by molar-refractivity contribution is 5.87. The molecule has 3 aromatic rings. The lowest BCUT2D eigenvalue weighted by Gasteiger charge is -2.33. The standard InChI is InChI=1S/C20H22N4O2/c21-20(25)14-24-13-8-17-18(24)2-1-3-19(17)26-16-6-11-23(12-7-16)15-4-9-22-10-5-15/h1-5,8-10,13,16H,6-7,11-12,14H2,(H2,21,25). The third-order valence-electron chi connectivity index (χ3n) is 4.86. The summed E-state index contributed by atoms with van der Waals surface area (Å²) in [5.41, 5.74) is 7.50. The highest BCUT2D eigenvalue weighted by atomic mass is 16.5. The van der Waals surface area contributed by atoms with Gasteiger partial charge in [-0.05, 0) is 30.3 Å². The number of pyridine rings is 1. The Kier molecular flexibility index (Phi) is 4.48. The SMILES string of the molecule is NC(=O)Cn1ccc2c(OC3CCN(c4ccncc4)CC3)cccc21. The quantitative estimate of drug-likeness (QED) is 0.767. The Morgan fingerprint density at radius 1 is 1.15 bits per heavy atom. The number of nitrogens with two attached hydrogens (primary N) is 1. The summed E-state index contributed by atoms with van der Waals surface area (Å²) in [6.45, 7) is 2.11. The largest absolute Gasteiger partial charge is 0.490 e. The number of primary amides is 1. The molecular formula is C20H22N4O2. The summed E-state index contributed by atoms with van der Waals surface area (Å²) in [6.07, 6.45) is 7.68. The van der Waals surface area contributed by atoms with Crippen molar-refractivity contribution >= 4 is 22.5 Å². The van der Waals surface area contributed by atoms with E-state index in [1.807, 2.05) is 59.6 Å². The molecule has 0 atom stereocenters. The number of carbonyl (C=O) groups excluding carboxylic acids is 1. The molecule has 134 valence electrons. The van der Waals surface area contributed by atoms with Crippen molar-refractivity contribution in [2.75, 3.05) is 18.0 Å². The molecule has 1 amide bonds. The zero-order chi connectivity index (χ0) is 17.9. The number of rotatable bonds is 5. The normalized spacial score (nSPS) is 15.3. The van der Waals surface area contributed by atoms with Gasteiger partial charge in [0.2, 0.25) is 5.91 Å². The van der Waals surface area contributed by atoms with Crippen molar-refractivity contribution < 1.29 is 9.53 Å². The van der Waals surface area contributed by atoms with Gasteiger partial charge in [-0.2, -0.15) is 0 Å². The lowest BCUT2D eigenvalue weighted by atomic mass is 10.1. The van der Waals surface area contributed by atoms with Gasteiger partial charge in [0, 0.05) is 55.6 Å². The van der Waals surface area contributed by atoms with Gasteiger partial charge < -0.3 is 19.9 Å². The molecule has 26 heavy (non-hydrogen) atoms. The minimum absolute atomic E-state index is 0.178. The van der Waals surface area contributed by atoms with Gasteiger partial charge in [0.15, 0.2) is 0 Å². The number of ether oxygens (including phenoxy) is 1. The molecule has 1 aromatic carbocycles. The van der Waals surface area contributed by atoms with E-state index in [0.29, 0.717) is 0 Å². The van der Waals surface area contributed by atoms with Crippen molar-refractivity contribution in [1.29, 1.82) is 0 Å². The van der Waals surface area contributed by atoms with Gasteiger partial charge in [0.05, 0.1) is 5.52 Å². The first kappa shape index (κ1) is 16.4. The van der Waals surface area contributed by atoms with Crippen LogP contribution >= 0.6 is 0 Å². The molecule has 4 rings (SSSR count). The van der Waals surface area contributed by atoms with Crippen LogP contribution in [0.1, 0.15) is 12.8 Å². The summed E-state index contributed by atoms with van der Waals surface area (Å²) >= 11 is 0. The first-order chi connectivity index (χ1) is 12.7. The maximum Gasteiger partial charge on any atom is 0.237 e. The smallest absolute Gasteiger partial charge is 0.237 e. The Morgan fingerprint density at radius 3 is 2.65 bits per heavy atom. The first-order valence-electron chi connectivity index (χ1n) is 8.88. The van der Waals surface area contributed by atoms with Gasteiger partial charge in [0.1, 0.15) is 18.4 Å². The van der Waals surface area contributed by atoms with Gasteiger partial charge in [-0.25, -0.2) is 0 Å². The van der Waals surface area contributed by atoms with Crippen LogP contribution in [0.2, 0.25) is 0 Å². The number of amides is 1. The van der Waals surface area contributed by atoms with Gasteiger partial charge in [-0.3, -0.25) is 9.78 Å². The van der Waals surface area contributed by atoms with Gasteiger partial charge in [-0.15, -0.1) is 0 Å². The number of hydrogen-bond acceptors (Lipinski definition) is 4. The highest BCUT2D eigenvalue weighted by Crippen LogP contribution is 2.29. The Labute approximate surface area is 152 Å². The Morgan fingerprint density at radius 2 is 1.92 bits per heavy atom. The van der Waals surface area contributed by atoms with E-state index in [9.17, 15) is 4.79 Å². The highest BCUT2D eigenvalue weighted by Gasteiger charge is 2.21. The van der Waals surface area contributed by atoms with Gasteiger partial charge in [-0.1, -0.05) is 6.07 Å². The van der Waals surface area contributed by atoms with Crippen LogP contribution in [-0.2, 0) is 11.3 Å². The third kappa shape index (κ3) is 3.35. The molecule has 1 saturated heterocycles. The van der Waals surface area contributed by atoms with Crippen LogP contribution in [0.5, 0.6) is 5.75 Å². The van der Waals surface area contributed by atoms with E-state index in [2.05, 4.69) is 9.88 Å². The number of nitrogens with zero attached hydrogens (tertiary/aromatic N) is 3. The maximum atomic E-state index is 11.2. The average molecular weight is 350 g/mol. The number of anilines is 1. The zero-order valence-electron chi connectivity index (χ0n) is 14.5. The predicted molar refractivity (Wildman–Crippen MR) is 101 cm³/mol. The van der Waals surface area contributed by atoms with Crippen LogP contribution in [0.4, 0.5) is 5.69 Å². The molecule has 0 aliphatic carbocycles. The maximum absolute atomic E-state index is 11.2. The average Bonchev–Trinajstić information content (AvgIpc) is 3.06. The monoisotopic (exact) mass is 350 g/mol. The Bertz CT molecular complexity index is 899. The second-order valence-electron chi connectivity index (χ2n) is 6.61.